The van der Waals surface area contributed by atoms with Crippen molar-refractivity contribution in [3.05, 3.63) is 5.82 Å². The summed E-state index contributed by atoms with van der Waals surface area (Å²) in [6.45, 7) is 4.64. The lowest BCUT2D eigenvalue weighted by molar-refractivity contribution is 0.480. The van der Waals surface area contributed by atoms with Crippen LogP contribution in [0.5, 0.6) is 0 Å². The van der Waals surface area contributed by atoms with E-state index in [2.05, 4.69) is 27.4 Å². The predicted octanol–water partition coefficient (Wildman–Crippen LogP) is -0.853. The van der Waals surface area contributed by atoms with Crippen molar-refractivity contribution in [2.75, 3.05) is 30.8 Å². The molecular formula is C9H17N5O2S. The quantitative estimate of drug-likeness (QED) is 0.734. The van der Waals surface area contributed by atoms with E-state index in [-0.39, 0.29) is 5.75 Å². The molecular weight excluding hydrogens is 242 g/mol. The van der Waals surface area contributed by atoms with Crippen molar-refractivity contribution in [2.24, 2.45) is 0 Å². The molecule has 2 heterocycles. The third-order valence-electron chi connectivity index (χ3n) is 2.57. The molecule has 1 aliphatic rings. The molecule has 1 aliphatic heterocycles. The van der Waals surface area contributed by atoms with Crippen LogP contribution in [-0.2, 0) is 15.6 Å². The van der Waals surface area contributed by atoms with Crippen LogP contribution in [-0.4, -0.2) is 55.5 Å². The first kappa shape index (κ1) is 12.3. The largest absolute Gasteiger partial charge is 0.337 e. The zero-order chi connectivity index (χ0) is 12.5. The van der Waals surface area contributed by atoms with E-state index < -0.39 is 9.84 Å². The average Bonchev–Trinajstić information content (AvgIpc) is 2.63. The molecule has 0 radical (unpaired) electrons. The summed E-state index contributed by atoms with van der Waals surface area (Å²) in [5.41, 5.74) is 0. The second kappa shape index (κ2) is 4.61. The molecule has 1 fully saturated rings. The van der Waals surface area contributed by atoms with Gasteiger partial charge in [0.15, 0.2) is 9.84 Å². The summed E-state index contributed by atoms with van der Waals surface area (Å²) >= 11 is 0. The van der Waals surface area contributed by atoms with Crippen LogP contribution in [0, 0.1) is 0 Å². The first-order chi connectivity index (χ1) is 7.94. The van der Waals surface area contributed by atoms with Crippen LogP contribution in [0.2, 0.25) is 0 Å². The standard InChI is InChI=1S/C9H17N5O2S/c1-7-5-14(4-3-10-7)9-11-8(12-13-9)6-17(2,15)16/h7,10H,3-6H2,1-2H3,(H,11,12,13). The smallest absolute Gasteiger partial charge is 0.244 e. The molecule has 1 saturated heterocycles. The van der Waals surface area contributed by atoms with Crippen LogP contribution in [0.15, 0.2) is 0 Å². The van der Waals surface area contributed by atoms with Gasteiger partial charge in [0.1, 0.15) is 11.6 Å². The van der Waals surface area contributed by atoms with Gasteiger partial charge in [-0.05, 0) is 6.92 Å². The Kier molecular flexibility index (Phi) is 3.34. The lowest BCUT2D eigenvalue weighted by Crippen LogP contribution is -2.49. The maximum absolute atomic E-state index is 11.1. The van der Waals surface area contributed by atoms with E-state index in [4.69, 9.17) is 0 Å². The molecule has 1 aromatic heterocycles. The Morgan fingerprint density at radius 3 is 2.94 bits per heavy atom. The highest BCUT2D eigenvalue weighted by Gasteiger charge is 2.19. The number of sulfone groups is 1. The second-order valence-corrected chi connectivity index (χ2v) is 6.59. The van der Waals surface area contributed by atoms with Crippen molar-refractivity contribution >= 4 is 15.8 Å². The van der Waals surface area contributed by atoms with Crippen molar-refractivity contribution in [1.82, 2.24) is 20.5 Å². The molecule has 8 heteroatoms. The van der Waals surface area contributed by atoms with E-state index in [9.17, 15) is 8.42 Å². The fourth-order valence-corrected chi connectivity index (χ4v) is 2.48. The molecule has 2 N–H and O–H groups in total. The molecule has 0 aromatic carbocycles. The van der Waals surface area contributed by atoms with Gasteiger partial charge in [-0.25, -0.2) is 8.42 Å². The van der Waals surface area contributed by atoms with Crippen molar-refractivity contribution in [3.63, 3.8) is 0 Å². The van der Waals surface area contributed by atoms with E-state index in [1.807, 2.05) is 4.90 Å². The van der Waals surface area contributed by atoms with Gasteiger partial charge in [0.05, 0.1) is 0 Å². The summed E-state index contributed by atoms with van der Waals surface area (Å²) in [6, 6.07) is 0.389. The van der Waals surface area contributed by atoms with Gasteiger partial charge in [-0.3, -0.25) is 5.10 Å². The van der Waals surface area contributed by atoms with E-state index in [0.29, 0.717) is 17.8 Å². The first-order valence-electron chi connectivity index (χ1n) is 5.51. The molecule has 1 unspecified atom stereocenters. The minimum Gasteiger partial charge on any atom is -0.337 e. The molecule has 7 nitrogen and oxygen atoms in total. The van der Waals surface area contributed by atoms with E-state index in [0.717, 1.165) is 19.6 Å². The molecule has 1 atom stereocenters. The highest BCUT2D eigenvalue weighted by atomic mass is 32.2. The molecule has 0 saturated carbocycles. The van der Waals surface area contributed by atoms with E-state index in [1.54, 1.807) is 0 Å². The molecule has 17 heavy (non-hydrogen) atoms. The number of rotatable bonds is 3. The van der Waals surface area contributed by atoms with E-state index in [1.165, 1.54) is 6.26 Å². The molecule has 0 spiro atoms. The Balaban J connectivity index is 2.07. The maximum Gasteiger partial charge on any atom is 0.244 e. The van der Waals surface area contributed by atoms with Crippen LogP contribution in [0.3, 0.4) is 0 Å². The summed E-state index contributed by atoms with van der Waals surface area (Å²) in [7, 11) is -3.07. The molecule has 0 amide bonds. The number of hydrogen-bond donors (Lipinski definition) is 2. The Hall–Kier alpha value is -1.15. The van der Waals surface area contributed by atoms with Crippen molar-refractivity contribution in [2.45, 2.75) is 18.7 Å². The molecule has 0 bridgehead atoms. The average molecular weight is 259 g/mol. The van der Waals surface area contributed by atoms with Crippen LogP contribution >= 0.6 is 0 Å². The van der Waals surface area contributed by atoms with Crippen LogP contribution < -0.4 is 10.2 Å². The summed E-state index contributed by atoms with van der Waals surface area (Å²) in [4.78, 5) is 6.25. The van der Waals surface area contributed by atoms with Crippen LogP contribution in [0.25, 0.3) is 0 Å². The predicted molar refractivity (Wildman–Crippen MR) is 64.6 cm³/mol. The Morgan fingerprint density at radius 1 is 1.53 bits per heavy atom. The number of piperazine rings is 1. The van der Waals surface area contributed by atoms with Gasteiger partial charge < -0.3 is 10.2 Å². The van der Waals surface area contributed by atoms with E-state index >= 15 is 0 Å². The van der Waals surface area contributed by atoms with Gasteiger partial charge in [0.2, 0.25) is 5.95 Å². The minimum absolute atomic E-state index is 0.0956. The van der Waals surface area contributed by atoms with Crippen molar-refractivity contribution in [1.29, 1.82) is 0 Å². The maximum atomic E-state index is 11.1. The summed E-state index contributed by atoms with van der Waals surface area (Å²) < 4.78 is 22.3. The lowest BCUT2D eigenvalue weighted by atomic mass is 10.2. The molecule has 2 rings (SSSR count). The third-order valence-corrected chi connectivity index (χ3v) is 3.37. The molecule has 1 aromatic rings. The fourth-order valence-electron chi connectivity index (χ4n) is 1.85. The number of anilines is 1. The third kappa shape index (κ3) is 3.40. The van der Waals surface area contributed by atoms with Crippen LogP contribution in [0.1, 0.15) is 12.7 Å². The Labute approximate surface area is 101 Å². The summed E-state index contributed by atoms with van der Waals surface area (Å²) in [6.07, 6.45) is 1.18. The van der Waals surface area contributed by atoms with Gasteiger partial charge in [0, 0.05) is 31.9 Å². The highest BCUT2D eigenvalue weighted by molar-refractivity contribution is 7.89. The topological polar surface area (TPSA) is 91.0 Å². The lowest BCUT2D eigenvalue weighted by Gasteiger charge is -2.30. The fraction of sp³-hybridized carbons (Fsp3) is 0.778. The van der Waals surface area contributed by atoms with Gasteiger partial charge in [-0.2, -0.15) is 4.98 Å². The number of aromatic amines is 1. The van der Waals surface area contributed by atoms with Crippen molar-refractivity contribution < 1.29 is 8.42 Å². The number of aromatic nitrogens is 3. The Bertz CT molecular complexity index is 483. The first-order valence-corrected chi connectivity index (χ1v) is 7.57. The zero-order valence-electron chi connectivity index (χ0n) is 9.97. The highest BCUT2D eigenvalue weighted by Crippen LogP contribution is 2.10. The number of H-pyrrole nitrogens is 1. The van der Waals surface area contributed by atoms with Gasteiger partial charge in [-0.1, -0.05) is 0 Å². The number of nitrogens with one attached hydrogen (secondary N) is 2. The monoisotopic (exact) mass is 259 g/mol. The Morgan fingerprint density at radius 2 is 2.29 bits per heavy atom. The number of nitrogens with zero attached hydrogens (tertiary/aromatic N) is 3. The molecule has 96 valence electrons. The minimum atomic E-state index is -3.07. The zero-order valence-corrected chi connectivity index (χ0v) is 10.8. The van der Waals surface area contributed by atoms with Gasteiger partial charge >= 0.3 is 0 Å². The SMILES string of the molecule is CC1CN(c2n[nH]c(CS(C)(=O)=O)n2)CCN1. The normalized spacial score (nSPS) is 21.8. The summed E-state index contributed by atoms with van der Waals surface area (Å²) in [5.74, 6) is 0.882. The van der Waals surface area contributed by atoms with Gasteiger partial charge in [0.25, 0.3) is 0 Å². The van der Waals surface area contributed by atoms with Crippen molar-refractivity contribution in [3.8, 4) is 0 Å². The number of hydrogen-bond acceptors (Lipinski definition) is 6. The molecule has 0 aliphatic carbocycles. The summed E-state index contributed by atoms with van der Waals surface area (Å²) in [5, 5.41) is 10.1. The second-order valence-electron chi connectivity index (χ2n) is 4.45. The van der Waals surface area contributed by atoms with Crippen LogP contribution in [0.4, 0.5) is 5.95 Å². The van der Waals surface area contributed by atoms with Gasteiger partial charge in [-0.15, -0.1) is 5.10 Å².